The first kappa shape index (κ1) is 19.5. The van der Waals surface area contributed by atoms with Gasteiger partial charge in [-0.25, -0.2) is 0 Å². The summed E-state index contributed by atoms with van der Waals surface area (Å²) in [6.07, 6.45) is 4.05. The van der Waals surface area contributed by atoms with Crippen LogP contribution in [0, 0.1) is 5.92 Å². The van der Waals surface area contributed by atoms with Gasteiger partial charge in [0.2, 0.25) is 11.8 Å². The molecule has 0 aliphatic carbocycles. The Morgan fingerprint density at radius 3 is 2.71 bits per heavy atom. The summed E-state index contributed by atoms with van der Waals surface area (Å²) in [5.41, 5.74) is 7.10. The number of nitrogens with one attached hydrogen (secondary N) is 2. The predicted octanol–water partition coefficient (Wildman–Crippen LogP) is 2.41. The minimum Gasteiger partial charge on any atom is -0.311 e. The monoisotopic (exact) mass is 380 g/mol. The number of amides is 3. The Bertz CT molecular complexity index is 869. The number of rotatable bonds is 5. The molecule has 0 saturated carbocycles. The fourth-order valence-electron chi connectivity index (χ4n) is 3.28. The van der Waals surface area contributed by atoms with Crippen molar-refractivity contribution in [2.75, 3.05) is 11.4 Å². The van der Waals surface area contributed by atoms with Crippen molar-refractivity contribution in [3.05, 3.63) is 59.9 Å². The van der Waals surface area contributed by atoms with Gasteiger partial charge in [0.05, 0.1) is 11.5 Å². The molecule has 0 bridgehead atoms. The number of anilines is 1. The third-order valence-corrected chi connectivity index (χ3v) is 5.09. The Kier molecular flexibility index (Phi) is 6.03. The summed E-state index contributed by atoms with van der Waals surface area (Å²) in [5, 5.41) is 0. The smallest absolute Gasteiger partial charge is 0.271 e. The van der Waals surface area contributed by atoms with Gasteiger partial charge < -0.3 is 4.90 Å². The quantitative estimate of drug-likeness (QED) is 0.780. The number of benzene rings is 1. The van der Waals surface area contributed by atoms with Crippen LogP contribution in [0.4, 0.5) is 5.69 Å². The van der Waals surface area contributed by atoms with Gasteiger partial charge in [-0.15, -0.1) is 0 Å². The van der Waals surface area contributed by atoms with E-state index in [1.807, 2.05) is 24.3 Å². The molecule has 1 saturated heterocycles. The largest absolute Gasteiger partial charge is 0.311 e. The maximum atomic E-state index is 12.6. The van der Waals surface area contributed by atoms with Gasteiger partial charge in [0.15, 0.2) is 0 Å². The van der Waals surface area contributed by atoms with Crippen LogP contribution in [-0.2, 0) is 9.59 Å². The number of carbonyl (C=O) groups excluding carboxylic acids is 3. The molecular formula is C21H24N4O3. The van der Waals surface area contributed by atoms with Crippen molar-refractivity contribution in [1.29, 1.82) is 0 Å². The van der Waals surface area contributed by atoms with Crippen molar-refractivity contribution in [2.45, 2.75) is 32.6 Å². The van der Waals surface area contributed by atoms with Crippen LogP contribution in [0.1, 0.15) is 48.5 Å². The second-order valence-electron chi connectivity index (χ2n) is 6.96. The molecule has 7 nitrogen and oxygen atoms in total. The van der Waals surface area contributed by atoms with E-state index < -0.39 is 11.8 Å². The molecule has 1 aliphatic heterocycles. The summed E-state index contributed by atoms with van der Waals surface area (Å²) in [6.45, 7) is 4.52. The summed E-state index contributed by atoms with van der Waals surface area (Å²) in [5.74, 6) is -1.13. The highest BCUT2D eigenvalue weighted by molar-refractivity contribution is 6.01. The Labute approximate surface area is 164 Å². The van der Waals surface area contributed by atoms with Gasteiger partial charge in [0.25, 0.3) is 5.91 Å². The van der Waals surface area contributed by atoms with E-state index in [1.54, 1.807) is 23.2 Å². The number of hydrogen-bond acceptors (Lipinski definition) is 4. The second kappa shape index (κ2) is 8.65. The predicted molar refractivity (Wildman–Crippen MR) is 105 cm³/mol. The molecule has 1 aromatic heterocycles. The summed E-state index contributed by atoms with van der Waals surface area (Å²) >= 11 is 0. The van der Waals surface area contributed by atoms with Crippen molar-refractivity contribution in [3.8, 4) is 0 Å². The molecule has 3 amide bonds. The molecule has 28 heavy (non-hydrogen) atoms. The molecule has 2 heterocycles. The highest BCUT2D eigenvalue weighted by Crippen LogP contribution is 2.33. The van der Waals surface area contributed by atoms with E-state index in [2.05, 4.69) is 29.7 Å². The van der Waals surface area contributed by atoms with Crippen molar-refractivity contribution in [2.24, 2.45) is 5.92 Å². The van der Waals surface area contributed by atoms with Crippen molar-refractivity contribution >= 4 is 23.4 Å². The van der Waals surface area contributed by atoms with Gasteiger partial charge >= 0.3 is 0 Å². The topological polar surface area (TPSA) is 91.4 Å². The molecule has 2 atom stereocenters. The lowest BCUT2D eigenvalue weighted by Gasteiger charge is -2.23. The lowest BCUT2D eigenvalue weighted by Crippen LogP contribution is -2.45. The van der Waals surface area contributed by atoms with Gasteiger partial charge in [-0.05, 0) is 36.1 Å². The standard InChI is InChI=1S/C21H24N4O3/c1-3-14(2)17-8-4-5-9-18(17)25-13-16(11-19(25)26)21(28)24-23-20(27)15-7-6-10-22-12-15/h4-10,12,14,16H,3,11,13H2,1-2H3,(H,23,27)(H,24,28). The van der Waals surface area contributed by atoms with E-state index in [4.69, 9.17) is 0 Å². The van der Waals surface area contributed by atoms with Gasteiger partial charge in [0.1, 0.15) is 0 Å². The van der Waals surface area contributed by atoms with Crippen molar-refractivity contribution in [3.63, 3.8) is 0 Å². The first-order chi connectivity index (χ1) is 13.5. The molecule has 1 aliphatic rings. The van der Waals surface area contributed by atoms with Crippen LogP contribution in [0.5, 0.6) is 0 Å². The van der Waals surface area contributed by atoms with Crippen molar-refractivity contribution < 1.29 is 14.4 Å². The lowest BCUT2D eigenvalue weighted by molar-refractivity contribution is -0.126. The van der Waals surface area contributed by atoms with E-state index >= 15 is 0 Å². The summed E-state index contributed by atoms with van der Waals surface area (Å²) in [6, 6.07) is 11.0. The summed E-state index contributed by atoms with van der Waals surface area (Å²) in [4.78, 5) is 42.6. The van der Waals surface area contributed by atoms with Gasteiger partial charge in [0, 0.05) is 31.0 Å². The zero-order valence-electron chi connectivity index (χ0n) is 16.0. The molecule has 7 heteroatoms. The van der Waals surface area contributed by atoms with Crippen molar-refractivity contribution in [1.82, 2.24) is 15.8 Å². The van der Waals surface area contributed by atoms with Crippen LogP contribution in [0.3, 0.4) is 0 Å². The Morgan fingerprint density at radius 2 is 2.00 bits per heavy atom. The van der Waals surface area contributed by atoms with Crippen LogP contribution >= 0.6 is 0 Å². The highest BCUT2D eigenvalue weighted by Gasteiger charge is 2.36. The molecule has 1 fully saturated rings. The molecule has 0 radical (unpaired) electrons. The minimum absolute atomic E-state index is 0.0884. The number of nitrogens with zero attached hydrogens (tertiary/aromatic N) is 2. The van der Waals surface area contributed by atoms with Crippen LogP contribution in [0.25, 0.3) is 0 Å². The summed E-state index contributed by atoms with van der Waals surface area (Å²) < 4.78 is 0. The van der Waals surface area contributed by atoms with Gasteiger partial charge in [-0.1, -0.05) is 32.0 Å². The van der Waals surface area contributed by atoms with E-state index in [0.29, 0.717) is 18.0 Å². The van der Waals surface area contributed by atoms with E-state index in [-0.39, 0.29) is 18.2 Å². The number of para-hydroxylation sites is 1. The first-order valence-electron chi connectivity index (χ1n) is 9.40. The molecule has 146 valence electrons. The van der Waals surface area contributed by atoms with E-state index in [9.17, 15) is 14.4 Å². The fourth-order valence-corrected chi connectivity index (χ4v) is 3.28. The summed E-state index contributed by atoms with van der Waals surface area (Å²) in [7, 11) is 0. The lowest BCUT2D eigenvalue weighted by atomic mass is 9.96. The first-order valence-corrected chi connectivity index (χ1v) is 9.40. The van der Waals surface area contributed by atoms with Crippen LogP contribution < -0.4 is 15.8 Å². The molecule has 0 spiro atoms. The molecule has 2 unspecified atom stereocenters. The average Bonchev–Trinajstić information content (AvgIpc) is 3.13. The zero-order valence-corrected chi connectivity index (χ0v) is 16.0. The van der Waals surface area contributed by atoms with Gasteiger partial charge in [-0.2, -0.15) is 0 Å². The minimum atomic E-state index is -0.522. The Balaban J connectivity index is 1.65. The third kappa shape index (κ3) is 4.19. The Hall–Kier alpha value is -3.22. The van der Waals surface area contributed by atoms with E-state index in [0.717, 1.165) is 17.7 Å². The van der Waals surface area contributed by atoms with E-state index in [1.165, 1.54) is 6.20 Å². The zero-order chi connectivity index (χ0) is 20.1. The number of carbonyl (C=O) groups is 3. The third-order valence-electron chi connectivity index (χ3n) is 5.09. The molecule has 2 aromatic rings. The van der Waals surface area contributed by atoms with Gasteiger partial charge in [-0.3, -0.25) is 30.2 Å². The number of hydrazine groups is 1. The number of pyridine rings is 1. The molecule has 3 rings (SSSR count). The second-order valence-corrected chi connectivity index (χ2v) is 6.96. The normalized spacial score (nSPS) is 17.3. The maximum Gasteiger partial charge on any atom is 0.271 e. The number of hydrogen-bond donors (Lipinski definition) is 2. The average molecular weight is 380 g/mol. The van der Waals surface area contributed by atoms with Crippen LogP contribution in [-0.4, -0.2) is 29.3 Å². The molecular weight excluding hydrogens is 356 g/mol. The molecule has 2 N–H and O–H groups in total. The highest BCUT2D eigenvalue weighted by atomic mass is 16.2. The van der Waals surface area contributed by atoms with Crippen LogP contribution in [0.15, 0.2) is 48.8 Å². The SMILES string of the molecule is CCC(C)c1ccccc1N1CC(C(=O)NNC(=O)c2cccnc2)CC1=O. The fraction of sp³-hybridized carbons (Fsp3) is 0.333. The maximum absolute atomic E-state index is 12.6. The number of aromatic nitrogens is 1. The molecule has 1 aromatic carbocycles. The van der Waals surface area contributed by atoms with Crippen LogP contribution in [0.2, 0.25) is 0 Å². The Morgan fingerprint density at radius 1 is 1.21 bits per heavy atom.